The molecule has 0 saturated carbocycles. The normalized spacial score (nSPS) is 15.9. The van der Waals surface area contributed by atoms with Crippen molar-refractivity contribution in [3.8, 4) is 0 Å². The van der Waals surface area contributed by atoms with Crippen LogP contribution in [0.4, 0.5) is 0 Å². The number of hydrogen-bond acceptors (Lipinski definition) is 2. The van der Waals surface area contributed by atoms with E-state index in [0.29, 0.717) is 12.3 Å². The van der Waals surface area contributed by atoms with Crippen LogP contribution in [0.2, 0.25) is 0 Å². The average Bonchev–Trinajstić information content (AvgIpc) is 2.15. The van der Waals surface area contributed by atoms with Crippen LogP contribution in [0.3, 0.4) is 0 Å². The maximum Gasteiger partial charge on any atom is 0.151 e. The zero-order valence-electron chi connectivity index (χ0n) is 9.87. The molecule has 0 bridgehead atoms. The highest BCUT2D eigenvalue weighted by Gasteiger charge is 2.15. The lowest BCUT2D eigenvalue weighted by Gasteiger charge is -2.21. The van der Waals surface area contributed by atoms with E-state index in [4.69, 9.17) is 10.2 Å². The minimum atomic E-state index is -1.13. The first-order chi connectivity index (χ1) is 6.63. The molecule has 86 valence electrons. The number of aliphatic hydroxyl groups is 2. The van der Waals surface area contributed by atoms with Crippen LogP contribution in [0, 0.1) is 11.8 Å². The van der Waals surface area contributed by atoms with Crippen molar-refractivity contribution in [2.24, 2.45) is 11.8 Å². The molecule has 2 unspecified atom stereocenters. The Bertz CT molecular complexity index is 123. The minimum absolute atomic E-state index is 0.478. The van der Waals surface area contributed by atoms with E-state index in [1.165, 1.54) is 19.3 Å². The van der Waals surface area contributed by atoms with E-state index < -0.39 is 6.29 Å². The molecule has 0 rings (SSSR count). The lowest BCUT2D eigenvalue weighted by Crippen LogP contribution is -2.15. The molecule has 2 heteroatoms. The minimum Gasteiger partial charge on any atom is -0.368 e. The van der Waals surface area contributed by atoms with Gasteiger partial charge in [-0.1, -0.05) is 46.5 Å². The Morgan fingerprint density at radius 3 is 1.79 bits per heavy atom. The van der Waals surface area contributed by atoms with Crippen molar-refractivity contribution in [2.45, 2.75) is 65.6 Å². The van der Waals surface area contributed by atoms with Crippen molar-refractivity contribution < 1.29 is 10.2 Å². The summed E-state index contributed by atoms with van der Waals surface area (Å²) in [6.07, 6.45) is 5.34. The summed E-state index contributed by atoms with van der Waals surface area (Å²) in [5, 5.41) is 17.8. The zero-order chi connectivity index (χ0) is 11.0. The fourth-order valence-electron chi connectivity index (χ4n) is 2.10. The van der Waals surface area contributed by atoms with Gasteiger partial charge in [0, 0.05) is 6.42 Å². The van der Waals surface area contributed by atoms with Gasteiger partial charge in [0.15, 0.2) is 6.29 Å². The van der Waals surface area contributed by atoms with Gasteiger partial charge >= 0.3 is 0 Å². The van der Waals surface area contributed by atoms with E-state index in [2.05, 4.69) is 20.8 Å². The Labute approximate surface area is 88.3 Å². The van der Waals surface area contributed by atoms with Crippen molar-refractivity contribution in [2.75, 3.05) is 0 Å². The second-order valence-electron chi connectivity index (χ2n) is 4.29. The Hall–Kier alpha value is -0.0800. The third-order valence-corrected chi connectivity index (χ3v) is 3.06. The third kappa shape index (κ3) is 6.39. The third-order valence-electron chi connectivity index (χ3n) is 3.06. The van der Waals surface area contributed by atoms with Gasteiger partial charge in [0.2, 0.25) is 0 Å². The molecule has 14 heavy (non-hydrogen) atoms. The monoisotopic (exact) mass is 202 g/mol. The van der Waals surface area contributed by atoms with E-state index >= 15 is 0 Å². The molecule has 0 amide bonds. The van der Waals surface area contributed by atoms with Gasteiger partial charge in [-0.05, 0) is 18.3 Å². The summed E-state index contributed by atoms with van der Waals surface area (Å²) in [5.41, 5.74) is 0. The Morgan fingerprint density at radius 1 is 0.857 bits per heavy atom. The highest BCUT2D eigenvalue weighted by Crippen LogP contribution is 2.25. The fraction of sp³-hybridized carbons (Fsp3) is 1.00. The molecular weight excluding hydrogens is 176 g/mol. The zero-order valence-corrected chi connectivity index (χ0v) is 9.87. The van der Waals surface area contributed by atoms with Gasteiger partial charge in [0.05, 0.1) is 0 Å². The van der Waals surface area contributed by atoms with Crippen LogP contribution in [-0.2, 0) is 0 Å². The van der Waals surface area contributed by atoms with Gasteiger partial charge < -0.3 is 10.2 Å². The fourth-order valence-corrected chi connectivity index (χ4v) is 2.10. The molecule has 0 heterocycles. The molecule has 0 aliphatic rings. The van der Waals surface area contributed by atoms with Crippen molar-refractivity contribution in [3.63, 3.8) is 0 Å². The first-order valence-electron chi connectivity index (χ1n) is 6.00. The molecule has 2 N–H and O–H groups in total. The topological polar surface area (TPSA) is 40.5 Å². The average molecular weight is 202 g/mol. The quantitative estimate of drug-likeness (QED) is 0.594. The van der Waals surface area contributed by atoms with Crippen LogP contribution >= 0.6 is 0 Å². The lowest BCUT2D eigenvalue weighted by molar-refractivity contribution is -0.0582. The molecule has 0 aromatic carbocycles. The highest BCUT2D eigenvalue weighted by atomic mass is 16.5. The molecule has 0 aromatic heterocycles. The second kappa shape index (κ2) is 8.25. The molecule has 0 aromatic rings. The molecule has 0 aliphatic heterocycles. The van der Waals surface area contributed by atoms with Crippen LogP contribution in [0.1, 0.15) is 59.3 Å². The molecule has 2 nitrogen and oxygen atoms in total. The van der Waals surface area contributed by atoms with Crippen LogP contribution in [-0.4, -0.2) is 16.5 Å². The van der Waals surface area contributed by atoms with Crippen molar-refractivity contribution in [1.29, 1.82) is 0 Å². The molecule has 0 spiro atoms. The largest absolute Gasteiger partial charge is 0.368 e. The summed E-state index contributed by atoms with van der Waals surface area (Å²) in [6.45, 7) is 6.57. The second-order valence-corrected chi connectivity index (χ2v) is 4.29. The van der Waals surface area contributed by atoms with Gasteiger partial charge in [-0.2, -0.15) is 0 Å². The maximum absolute atomic E-state index is 8.92. The van der Waals surface area contributed by atoms with Crippen molar-refractivity contribution in [3.05, 3.63) is 0 Å². The summed E-state index contributed by atoms with van der Waals surface area (Å²) < 4.78 is 0. The molecule has 0 fully saturated rings. The van der Waals surface area contributed by atoms with E-state index in [9.17, 15) is 0 Å². The smallest absolute Gasteiger partial charge is 0.151 e. The number of aliphatic hydroxyl groups excluding tert-OH is 1. The Morgan fingerprint density at radius 2 is 1.43 bits per heavy atom. The molecule has 2 atom stereocenters. The highest BCUT2D eigenvalue weighted by molar-refractivity contribution is 4.65. The van der Waals surface area contributed by atoms with Gasteiger partial charge in [-0.3, -0.25) is 0 Å². The Kier molecular flexibility index (Phi) is 8.20. The van der Waals surface area contributed by atoms with Crippen LogP contribution in [0.5, 0.6) is 0 Å². The van der Waals surface area contributed by atoms with Gasteiger partial charge in [-0.15, -0.1) is 0 Å². The summed E-state index contributed by atoms with van der Waals surface area (Å²) in [7, 11) is 0. The Balaban J connectivity index is 3.87. The van der Waals surface area contributed by atoms with Gasteiger partial charge in [0.25, 0.3) is 0 Å². The van der Waals surface area contributed by atoms with E-state index in [1.54, 1.807) is 0 Å². The van der Waals surface area contributed by atoms with Gasteiger partial charge in [0.1, 0.15) is 0 Å². The molecule has 0 radical (unpaired) electrons. The molecule has 0 aliphatic carbocycles. The van der Waals surface area contributed by atoms with Crippen LogP contribution in [0.25, 0.3) is 0 Å². The van der Waals surface area contributed by atoms with E-state index in [-0.39, 0.29) is 0 Å². The van der Waals surface area contributed by atoms with Crippen molar-refractivity contribution >= 4 is 0 Å². The van der Waals surface area contributed by atoms with E-state index in [0.717, 1.165) is 18.8 Å². The number of hydrogen-bond donors (Lipinski definition) is 2. The molecular formula is C12H26O2. The predicted octanol–water partition coefficient (Wildman–Crippen LogP) is 2.93. The summed E-state index contributed by atoms with van der Waals surface area (Å²) in [6, 6.07) is 0. The SMILES string of the molecule is CCCC(CC)CC(CC)CC(O)O. The standard InChI is InChI=1S/C12H26O2/c1-4-7-10(5-2)8-11(6-3)9-12(13)14/h10-14H,4-9H2,1-3H3. The first kappa shape index (κ1) is 13.9. The van der Waals surface area contributed by atoms with E-state index in [1.807, 2.05) is 0 Å². The predicted molar refractivity (Wildman–Crippen MR) is 59.9 cm³/mol. The van der Waals surface area contributed by atoms with Crippen LogP contribution in [0.15, 0.2) is 0 Å². The molecule has 0 saturated heterocycles. The first-order valence-corrected chi connectivity index (χ1v) is 6.00. The summed E-state index contributed by atoms with van der Waals surface area (Å²) >= 11 is 0. The van der Waals surface area contributed by atoms with Gasteiger partial charge in [-0.25, -0.2) is 0 Å². The number of rotatable bonds is 8. The van der Waals surface area contributed by atoms with Crippen LogP contribution < -0.4 is 0 Å². The maximum atomic E-state index is 8.92. The lowest BCUT2D eigenvalue weighted by atomic mass is 9.86. The summed E-state index contributed by atoms with van der Waals surface area (Å²) in [4.78, 5) is 0. The van der Waals surface area contributed by atoms with Crippen molar-refractivity contribution in [1.82, 2.24) is 0 Å². The summed E-state index contributed by atoms with van der Waals surface area (Å²) in [5.74, 6) is 1.25.